The Morgan fingerprint density at radius 1 is 1.21 bits per heavy atom. The van der Waals surface area contributed by atoms with Gasteiger partial charge >= 0.3 is 5.97 Å². The lowest BCUT2D eigenvalue weighted by Gasteiger charge is -2.37. The Morgan fingerprint density at radius 2 is 1.89 bits per heavy atom. The summed E-state index contributed by atoms with van der Waals surface area (Å²) in [6, 6.07) is 6.38. The van der Waals surface area contributed by atoms with Crippen molar-refractivity contribution in [3.8, 4) is 0 Å². The van der Waals surface area contributed by atoms with Crippen molar-refractivity contribution >= 4 is 27.4 Å². The predicted octanol–water partition coefficient (Wildman–Crippen LogP) is 2.62. The van der Waals surface area contributed by atoms with E-state index in [0.717, 1.165) is 19.2 Å². The fourth-order valence-electron chi connectivity index (χ4n) is 3.08. The van der Waals surface area contributed by atoms with E-state index in [4.69, 9.17) is 9.15 Å². The molecule has 1 aromatic heterocycles. The maximum atomic E-state index is 14.6. The molecule has 1 fully saturated rings. The average Bonchev–Trinajstić information content (AvgIpc) is 3.11. The van der Waals surface area contributed by atoms with Crippen molar-refractivity contribution in [2.45, 2.75) is 31.1 Å². The van der Waals surface area contributed by atoms with Gasteiger partial charge in [-0.25, -0.2) is 9.18 Å². The van der Waals surface area contributed by atoms with Crippen molar-refractivity contribution in [1.82, 2.24) is 0 Å². The minimum absolute atomic E-state index is 0.0339. The minimum Gasteiger partial charge on any atom is -0.463 e. The molecule has 152 valence electrons. The fraction of sp³-hybridized carbons (Fsp3) is 0.389. The number of rotatable bonds is 5. The number of carbonyl (C=O) groups excluding carboxylic acids is 1. The first-order valence-electron chi connectivity index (χ1n) is 8.60. The quantitative estimate of drug-likeness (QED) is 0.754. The smallest absolute Gasteiger partial charge is 0.374 e. The van der Waals surface area contributed by atoms with Gasteiger partial charge in [0.2, 0.25) is 10.9 Å². The fourth-order valence-corrected chi connectivity index (χ4v) is 4.07. The lowest BCUT2D eigenvalue weighted by molar-refractivity contribution is -0.00539. The lowest BCUT2D eigenvalue weighted by Crippen LogP contribution is -2.45. The molecule has 1 aliphatic rings. The SMILES string of the molecule is COC(=O)c1ccc(S(=O)(=O)Nc2ccc(N3CC(C)OC(C)C3)c(F)c2)o1. The van der Waals surface area contributed by atoms with Crippen LogP contribution in [-0.2, 0) is 19.5 Å². The first-order chi connectivity index (χ1) is 13.2. The molecule has 10 heteroatoms. The zero-order valence-corrected chi connectivity index (χ0v) is 16.5. The summed E-state index contributed by atoms with van der Waals surface area (Å²) in [5.41, 5.74) is 0.405. The number of furan rings is 1. The van der Waals surface area contributed by atoms with Gasteiger partial charge < -0.3 is 18.8 Å². The van der Waals surface area contributed by atoms with E-state index in [2.05, 4.69) is 9.46 Å². The van der Waals surface area contributed by atoms with E-state index in [0.29, 0.717) is 18.8 Å². The number of nitrogens with one attached hydrogen (secondary N) is 1. The second-order valence-corrected chi connectivity index (χ2v) is 8.16. The van der Waals surface area contributed by atoms with Gasteiger partial charge in [0.1, 0.15) is 5.82 Å². The van der Waals surface area contributed by atoms with Crippen molar-refractivity contribution < 1.29 is 31.5 Å². The van der Waals surface area contributed by atoms with Crippen LogP contribution in [0.5, 0.6) is 0 Å². The molecule has 0 aliphatic carbocycles. The second-order valence-electron chi connectivity index (χ2n) is 6.54. The Bertz CT molecular complexity index is 964. The molecule has 0 spiro atoms. The highest BCUT2D eigenvalue weighted by Crippen LogP contribution is 2.27. The topological polar surface area (TPSA) is 98.1 Å². The number of halogens is 1. The van der Waals surface area contributed by atoms with E-state index < -0.39 is 26.9 Å². The summed E-state index contributed by atoms with van der Waals surface area (Å²) in [6.07, 6.45) is -0.0754. The first kappa shape index (κ1) is 20.2. The third-order valence-corrected chi connectivity index (χ3v) is 5.45. The normalized spacial score (nSPS) is 20.1. The standard InChI is InChI=1S/C18H21FN2O6S/c1-11-9-21(10-12(2)26-11)15-5-4-13(8-14(15)19)20-28(23,24)17-7-6-16(27-17)18(22)25-3/h4-8,11-12,20H,9-10H2,1-3H3. The molecule has 0 radical (unpaired) electrons. The summed E-state index contributed by atoms with van der Waals surface area (Å²) in [5.74, 6) is -1.61. The Hall–Kier alpha value is -2.59. The van der Waals surface area contributed by atoms with Crippen molar-refractivity contribution in [2.24, 2.45) is 0 Å². The lowest BCUT2D eigenvalue weighted by atomic mass is 10.2. The van der Waals surface area contributed by atoms with Crippen LogP contribution >= 0.6 is 0 Å². The molecule has 1 aromatic carbocycles. The van der Waals surface area contributed by atoms with Crippen LogP contribution in [0, 0.1) is 5.82 Å². The van der Waals surface area contributed by atoms with E-state index in [1.807, 2.05) is 18.7 Å². The number of ether oxygens (including phenoxy) is 2. The Balaban J connectivity index is 1.78. The molecule has 3 rings (SSSR count). The van der Waals surface area contributed by atoms with E-state index in [1.165, 1.54) is 18.2 Å². The van der Waals surface area contributed by atoms with Crippen LogP contribution < -0.4 is 9.62 Å². The van der Waals surface area contributed by atoms with Gasteiger partial charge in [-0.1, -0.05) is 0 Å². The molecule has 0 saturated carbocycles. The summed E-state index contributed by atoms with van der Waals surface area (Å²) < 4.78 is 56.8. The summed E-state index contributed by atoms with van der Waals surface area (Å²) in [4.78, 5) is 13.3. The van der Waals surface area contributed by atoms with E-state index in [-0.39, 0.29) is 23.7 Å². The number of methoxy groups -OCH3 is 1. The van der Waals surface area contributed by atoms with E-state index in [9.17, 15) is 17.6 Å². The van der Waals surface area contributed by atoms with Crippen LogP contribution in [0.3, 0.4) is 0 Å². The number of hydrogen-bond acceptors (Lipinski definition) is 7. The molecule has 0 amide bonds. The van der Waals surface area contributed by atoms with Crippen molar-refractivity contribution in [1.29, 1.82) is 0 Å². The number of morpholine rings is 1. The minimum atomic E-state index is -4.13. The second kappa shape index (κ2) is 7.80. The van der Waals surface area contributed by atoms with Gasteiger partial charge in [-0.05, 0) is 38.1 Å². The van der Waals surface area contributed by atoms with Gasteiger partial charge in [-0.3, -0.25) is 4.72 Å². The van der Waals surface area contributed by atoms with Crippen LogP contribution in [0.25, 0.3) is 0 Å². The Morgan fingerprint density at radius 3 is 2.50 bits per heavy atom. The molecule has 8 nitrogen and oxygen atoms in total. The molecular weight excluding hydrogens is 391 g/mol. The molecule has 1 saturated heterocycles. The summed E-state index contributed by atoms with van der Waals surface area (Å²) >= 11 is 0. The van der Waals surface area contributed by atoms with E-state index in [1.54, 1.807) is 0 Å². The monoisotopic (exact) mass is 412 g/mol. The summed E-state index contributed by atoms with van der Waals surface area (Å²) in [7, 11) is -2.98. The van der Waals surface area contributed by atoms with Crippen LogP contribution in [-0.4, -0.2) is 46.8 Å². The molecule has 2 unspecified atom stereocenters. The highest BCUT2D eigenvalue weighted by Gasteiger charge is 2.25. The van der Waals surface area contributed by atoms with Crippen LogP contribution in [0.1, 0.15) is 24.4 Å². The van der Waals surface area contributed by atoms with Gasteiger partial charge in [-0.15, -0.1) is 0 Å². The maximum absolute atomic E-state index is 14.6. The third-order valence-electron chi connectivity index (χ3n) is 4.19. The number of esters is 1. The molecule has 2 aromatic rings. The van der Waals surface area contributed by atoms with Gasteiger partial charge in [0.15, 0.2) is 0 Å². The molecule has 0 bridgehead atoms. The number of nitrogens with zero attached hydrogens (tertiary/aromatic N) is 1. The van der Waals surface area contributed by atoms with Crippen LogP contribution in [0.4, 0.5) is 15.8 Å². The number of hydrogen-bond donors (Lipinski definition) is 1. The Kier molecular flexibility index (Phi) is 5.61. The Labute approximate surface area is 162 Å². The molecule has 2 heterocycles. The number of carbonyl (C=O) groups is 1. The molecule has 2 atom stereocenters. The maximum Gasteiger partial charge on any atom is 0.374 e. The van der Waals surface area contributed by atoms with Crippen molar-refractivity contribution in [3.05, 3.63) is 41.9 Å². The molecular formula is C18H21FN2O6S. The van der Waals surface area contributed by atoms with Gasteiger partial charge in [0.25, 0.3) is 10.0 Å². The van der Waals surface area contributed by atoms with Gasteiger partial charge in [-0.2, -0.15) is 8.42 Å². The predicted molar refractivity (Wildman–Crippen MR) is 99.5 cm³/mol. The molecule has 1 N–H and O–H groups in total. The van der Waals surface area contributed by atoms with Crippen LogP contribution in [0.2, 0.25) is 0 Å². The van der Waals surface area contributed by atoms with E-state index >= 15 is 0 Å². The third kappa shape index (κ3) is 4.28. The molecule has 1 aliphatic heterocycles. The average molecular weight is 412 g/mol. The largest absolute Gasteiger partial charge is 0.463 e. The van der Waals surface area contributed by atoms with Crippen molar-refractivity contribution in [3.63, 3.8) is 0 Å². The number of anilines is 2. The zero-order chi connectivity index (χ0) is 20.5. The summed E-state index contributed by atoms with van der Waals surface area (Å²) in [5, 5.41) is -0.479. The van der Waals surface area contributed by atoms with Crippen LogP contribution in [0.15, 0.2) is 39.8 Å². The van der Waals surface area contributed by atoms with Gasteiger partial charge in [0.05, 0.1) is 30.7 Å². The number of sulfonamides is 1. The number of benzene rings is 1. The first-order valence-corrected chi connectivity index (χ1v) is 10.1. The highest BCUT2D eigenvalue weighted by atomic mass is 32.2. The molecule has 28 heavy (non-hydrogen) atoms. The zero-order valence-electron chi connectivity index (χ0n) is 15.6. The van der Waals surface area contributed by atoms with Crippen molar-refractivity contribution in [2.75, 3.05) is 29.8 Å². The highest BCUT2D eigenvalue weighted by molar-refractivity contribution is 7.92. The van der Waals surface area contributed by atoms with Gasteiger partial charge in [0, 0.05) is 19.2 Å². The summed E-state index contributed by atoms with van der Waals surface area (Å²) in [6.45, 7) is 4.90.